The summed E-state index contributed by atoms with van der Waals surface area (Å²) in [6.07, 6.45) is 0. The standard InChI is InChI=1S/C16H16N2O2S/c1-10-3-5-11(6-4-10)15-17-18-16(21-15)13-8-7-12(20-2)9-14(13)19/h3-9,16,18-19H,1-2H3/t16-/m1/s1. The van der Waals surface area contributed by atoms with Gasteiger partial charge in [-0.3, -0.25) is 5.43 Å². The molecule has 3 rings (SSSR count). The Hall–Kier alpha value is -2.14. The van der Waals surface area contributed by atoms with Crippen LogP contribution in [-0.4, -0.2) is 17.3 Å². The molecule has 0 unspecified atom stereocenters. The van der Waals surface area contributed by atoms with Crippen LogP contribution in [0.3, 0.4) is 0 Å². The molecule has 0 aliphatic carbocycles. The predicted octanol–water partition coefficient (Wildman–Crippen LogP) is 3.41. The number of aryl methyl sites for hydroxylation is 1. The normalized spacial score (nSPS) is 17.2. The quantitative estimate of drug-likeness (QED) is 0.912. The third-order valence-electron chi connectivity index (χ3n) is 3.33. The van der Waals surface area contributed by atoms with Crippen molar-refractivity contribution < 1.29 is 9.84 Å². The maximum atomic E-state index is 10.1. The summed E-state index contributed by atoms with van der Waals surface area (Å²) >= 11 is 1.59. The maximum absolute atomic E-state index is 10.1. The molecule has 0 fully saturated rings. The molecule has 2 N–H and O–H groups in total. The zero-order valence-electron chi connectivity index (χ0n) is 11.8. The van der Waals surface area contributed by atoms with Gasteiger partial charge in [-0.1, -0.05) is 41.6 Å². The highest BCUT2D eigenvalue weighted by atomic mass is 32.2. The fourth-order valence-corrected chi connectivity index (χ4v) is 3.15. The van der Waals surface area contributed by atoms with Gasteiger partial charge in [0, 0.05) is 17.2 Å². The highest BCUT2D eigenvalue weighted by Gasteiger charge is 2.24. The number of phenolic OH excluding ortho intramolecular Hbond substituents is 1. The molecule has 1 aliphatic heterocycles. The van der Waals surface area contributed by atoms with Gasteiger partial charge in [-0.25, -0.2) is 0 Å². The molecule has 0 radical (unpaired) electrons. The first-order chi connectivity index (χ1) is 10.2. The van der Waals surface area contributed by atoms with Gasteiger partial charge in [-0.15, -0.1) is 0 Å². The van der Waals surface area contributed by atoms with Crippen LogP contribution in [0.2, 0.25) is 0 Å². The lowest BCUT2D eigenvalue weighted by Gasteiger charge is -2.12. The van der Waals surface area contributed by atoms with Crippen LogP contribution in [0.4, 0.5) is 0 Å². The number of rotatable bonds is 3. The third kappa shape index (κ3) is 2.83. The molecule has 1 aliphatic rings. The molecule has 0 saturated heterocycles. The smallest absolute Gasteiger partial charge is 0.126 e. The minimum Gasteiger partial charge on any atom is -0.507 e. The Kier molecular flexibility index (Phi) is 3.75. The van der Waals surface area contributed by atoms with E-state index in [2.05, 4.69) is 41.7 Å². The van der Waals surface area contributed by atoms with Crippen LogP contribution in [0.15, 0.2) is 47.6 Å². The van der Waals surface area contributed by atoms with E-state index in [1.807, 2.05) is 12.1 Å². The molecule has 5 heteroatoms. The number of hydrogen-bond donors (Lipinski definition) is 2. The second-order valence-corrected chi connectivity index (χ2v) is 5.93. The molecule has 0 aromatic heterocycles. The van der Waals surface area contributed by atoms with Crippen molar-refractivity contribution in [2.45, 2.75) is 12.3 Å². The van der Waals surface area contributed by atoms with Gasteiger partial charge >= 0.3 is 0 Å². The Morgan fingerprint density at radius 1 is 1.19 bits per heavy atom. The molecule has 4 nitrogen and oxygen atoms in total. The van der Waals surface area contributed by atoms with E-state index in [4.69, 9.17) is 4.74 Å². The molecular formula is C16H16N2O2S. The van der Waals surface area contributed by atoms with Gasteiger partial charge in [0.1, 0.15) is 21.9 Å². The summed E-state index contributed by atoms with van der Waals surface area (Å²) in [6, 6.07) is 13.5. The SMILES string of the molecule is COc1ccc([C@@H]2NN=C(c3ccc(C)cc3)S2)c(O)c1. The van der Waals surface area contributed by atoms with Crippen molar-refractivity contribution in [2.75, 3.05) is 7.11 Å². The largest absolute Gasteiger partial charge is 0.507 e. The Morgan fingerprint density at radius 2 is 1.95 bits per heavy atom. The van der Waals surface area contributed by atoms with Crippen LogP contribution in [0.5, 0.6) is 11.5 Å². The molecule has 2 aromatic rings. The number of hydrogen-bond acceptors (Lipinski definition) is 5. The number of nitrogens with one attached hydrogen (secondary N) is 1. The van der Waals surface area contributed by atoms with Crippen LogP contribution < -0.4 is 10.2 Å². The van der Waals surface area contributed by atoms with Crippen molar-refractivity contribution in [3.8, 4) is 11.5 Å². The number of thioether (sulfide) groups is 1. The fraction of sp³-hybridized carbons (Fsp3) is 0.188. The number of methoxy groups -OCH3 is 1. The molecule has 21 heavy (non-hydrogen) atoms. The Labute approximate surface area is 127 Å². The highest BCUT2D eigenvalue weighted by Crippen LogP contribution is 2.39. The van der Waals surface area contributed by atoms with Crippen LogP contribution in [0.1, 0.15) is 22.1 Å². The summed E-state index contributed by atoms with van der Waals surface area (Å²) in [4.78, 5) is 0. The lowest BCUT2D eigenvalue weighted by Crippen LogP contribution is -2.06. The maximum Gasteiger partial charge on any atom is 0.126 e. The molecule has 0 spiro atoms. The van der Waals surface area contributed by atoms with Gasteiger partial charge in [-0.2, -0.15) is 5.10 Å². The van der Waals surface area contributed by atoms with E-state index in [1.165, 1.54) is 5.56 Å². The van der Waals surface area contributed by atoms with Gasteiger partial charge in [0.05, 0.1) is 7.11 Å². The number of nitrogens with zero attached hydrogens (tertiary/aromatic N) is 1. The summed E-state index contributed by atoms with van der Waals surface area (Å²) in [7, 11) is 1.58. The molecule has 0 amide bonds. The summed E-state index contributed by atoms with van der Waals surface area (Å²) in [5.74, 6) is 0.846. The van der Waals surface area contributed by atoms with E-state index in [-0.39, 0.29) is 11.1 Å². The number of phenols is 1. The van der Waals surface area contributed by atoms with Crippen molar-refractivity contribution >= 4 is 16.8 Å². The first kappa shape index (κ1) is 13.8. The van der Waals surface area contributed by atoms with Crippen LogP contribution in [0, 0.1) is 6.92 Å². The average Bonchev–Trinajstić information content (AvgIpc) is 2.97. The summed E-state index contributed by atoms with van der Waals surface area (Å²) < 4.78 is 5.10. The minimum absolute atomic E-state index is 0.0905. The van der Waals surface area contributed by atoms with Gasteiger partial charge in [0.25, 0.3) is 0 Å². The number of ether oxygens (including phenoxy) is 1. The third-order valence-corrected chi connectivity index (χ3v) is 4.48. The van der Waals surface area contributed by atoms with E-state index in [1.54, 1.807) is 24.9 Å². The minimum atomic E-state index is -0.0905. The van der Waals surface area contributed by atoms with Gasteiger partial charge in [0.15, 0.2) is 0 Å². The molecule has 0 bridgehead atoms. The average molecular weight is 300 g/mol. The van der Waals surface area contributed by atoms with Crippen molar-refractivity contribution in [3.05, 3.63) is 59.2 Å². The van der Waals surface area contributed by atoms with Crippen LogP contribution in [0.25, 0.3) is 0 Å². The Bertz CT molecular complexity index is 683. The second-order valence-electron chi connectivity index (χ2n) is 4.83. The topological polar surface area (TPSA) is 53.8 Å². The van der Waals surface area contributed by atoms with E-state index < -0.39 is 0 Å². The van der Waals surface area contributed by atoms with Crippen LogP contribution in [-0.2, 0) is 0 Å². The van der Waals surface area contributed by atoms with Crippen molar-refractivity contribution in [1.82, 2.24) is 5.43 Å². The molecule has 2 aromatic carbocycles. The molecule has 108 valence electrons. The van der Waals surface area contributed by atoms with Gasteiger partial charge in [-0.05, 0) is 19.1 Å². The van der Waals surface area contributed by atoms with E-state index >= 15 is 0 Å². The zero-order chi connectivity index (χ0) is 14.8. The molecule has 0 saturated carbocycles. The van der Waals surface area contributed by atoms with Gasteiger partial charge < -0.3 is 9.84 Å². The molecule has 1 heterocycles. The highest BCUT2D eigenvalue weighted by molar-refractivity contribution is 8.14. The first-order valence-electron chi connectivity index (χ1n) is 6.61. The summed E-state index contributed by atoms with van der Waals surface area (Å²) in [5, 5.41) is 15.3. The molecular weight excluding hydrogens is 284 g/mol. The van der Waals surface area contributed by atoms with Crippen molar-refractivity contribution in [2.24, 2.45) is 5.10 Å². The number of aromatic hydroxyl groups is 1. The first-order valence-corrected chi connectivity index (χ1v) is 7.49. The summed E-state index contributed by atoms with van der Waals surface area (Å²) in [6.45, 7) is 2.06. The zero-order valence-corrected chi connectivity index (χ0v) is 12.6. The monoisotopic (exact) mass is 300 g/mol. The van der Waals surface area contributed by atoms with Gasteiger partial charge in [0.2, 0.25) is 0 Å². The lowest BCUT2D eigenvalue weighted by molar-refractivity contribution is 0.406. The van der Waals surface area contributed by atoms with E-state index in [0.29, 0.717) is 5.75 Å². The second kappa shape index (κ2) is 5.69. The Morgan fingerprint density at radius 3 is 2.62 bits per heavy atom. The lowest BCUT2D eigenvalue weighted by atomic mass is 10.2. The van der Waals surface area contributed by atoms with E-state index in [0.717, 1.165) is 16.2 Å². The molecule has 1 atom stereocenters. The Balaban J connectivity index is 1.78. The summed E-state index contributed by atoms with van der Waals surface area (Å²) in [5.41, 5.74) is 6.16. The van der Waals surface area contributed by atoms with Crippen molar-refractivity contribution in [3.63, 3.8) is 0 Å². The van der Waals surface area contributed by atoms with E-state index in [9.17, 15) is 5.11 Å². The number of hydrazone groups is 1. The van der Waals surface area contributed by atoms with Crippen LogP contribution >= 0.6 is 11.8 Å². The predicted molar refractivity (Wildman–Crippen MR) is 85.8 cm³/mol. The fourth-order valence-electron chi connectivity index (χ4n) is 2.12. The number of benzene rings is 2. The van der Waals surface area contributed by atoms with Crippen molar-refractivity contribution in [1.29, 1.82) is 0 Å².